The third-order valence-corrected chi connectivity index (χ3v) is 4.49. The molecular weight excluding hydrogens is 380 g/mol. The van der Waals surface area contributed by atoms with E-state index in [2.05, 4.69) is 24.5 Å². The number of rotatable bonds is 8. The molecule has 0 aromatic heterocycles. The summed E-state index contributed by atoms with van der Waals surface area (Å²) in [7, 11) is 0. The first-order valence-corrected chi connectivity index (χ1v) is 9.36. The molecule has 0 aliphatic carbocycles. The second kappa shape index (κ2) is 10.5. The summed E-state index contributed by atoms with van der Waals surface area (Å²) >= 11 is 5.76. The predicted octanol–water partition coefficient (Wildman–Crippen LogP) is 3.77. The van der Waals surface area contributed by atoms with Crippen molar-refractivity contribution in [2.75, 3.05) is 18.5 Å². The van der Waals surface area contributed by atoms with Crippen LogP contribution in [0.25, 0.3) is 0 Å². The Hall–Kier alpha value is -2.86. The summed E-state index contributed by atoms with van der Waals surface area (Å²) in [5.41, 5.74) is 2.10. The highest BCUT2D eigenvalue weighted by Crippen LogP contribution is 2.26. The summed E-state index contributed by atoms with van der Waals surface area (Å²) < 4.78 is 4.92. The monoisotopic (exact) mass is 402 g/mol. The van der Waals surface area contributed by atoms with Crippen LogP contribution < -0.4 is 10.6 Å². The molecule has 2 aromatic carbocycles. The Kier molecular flexibility index (Phi) is 8.02. The second-order valence-electron chi connectivity index (χ2n) is 6.29. The molecule has 0 radical (unpaired) electrons. The lowest BCUT2D eigenvalue weighted by Crippen LogP contribution is -2.32. The van der Waals surface area contributed by atoms with Crippen molar-refractivity contribution in [2.24, 2.45) is 0 Å². The van der Waals surface area contributed by atoms with E-state index in [0.717, 1.165) is 12.0 Å². The number of anilines is 1. The molecule has 0 saturated heterocycles. The van der Waals surface area contributed by atoms with Crippen LogP contribution in [0.1, 0.15) is 42.1 Å². The van der Waals surface area contributed by atoms with Crippen LogP contribution in [0.15, 0.2) is 48.5 Å². The minimum Gasteiger partial charge on any atom is -0.454 e. The molecule has 0 aliphatic rings. The first-order valence-electron chi connectivity index (χ1n) is 8.98. The lowest BCUT2D eigenvalue weighted by Gasteiger charge is -2.15. The molecule has 2 amide bonds. The quantitative estimate of drug-likeness (QED) is 0.658. The molecule has 0 spiro atoms. The smallest absolute Gasteiger partial charge is 0.325 e. The maximum absolute atomic E-state index is 12.1. The summed E-state index contributed by atoms with van der Waals surface area (Å²) in [4.78, 5) is 35.8. The zero-order valence-electron chi connectivity index (χ0n) is 15.8. The van der Waals surface area contributed by atoms with Crippen LogP contribution in [0, 0.1) is 0 Å². The van der Waals surface area contributed by atoms with E-state index in [4.69, 9.17) is 16.3 Å². The molecular formula is C21H23ClN2O4. The third-order valence-electron chi connectivity index (χ3n) is 4.24. The summed E-state index contributed by atoms with van der Waals surface area (Å²) in [5, 5.41) is 5.71. The van der Waals surface area contributed by atoms with Gasteiger partial charge < -0.3 is 15.4 Å². The molecule has 2 rings (SSSR count). The van der Waals surface area contributed by atoms with Gasteiger partial charge in [0.1, 0.15) is 6.54 Å². The maximum Gasteiger partial charge on any atom is 0.325 e. The molecule has 6 nitrogen and oxygen atoms in total. The number of carbonyl (C=O) groups excluding carboxylic acids is 3. The predicted molar refractivity (Wildman–Crippen MR) is 109 cm³/mol. The molecule has 28 heavy (non-hydrogen) atoms. The van der Waals surface area contributed by atoms with Gasteiger partial charge in [-0.05, 0) is 48.2 Å². The normalized spacial score (nSPS) is 11.4. The van der Waals surface area contributed by atoms with Crippen molar-refractivity contribution in [2.45, 2.75) is 26.2 Å². The van der Waals surface area contributed by atoms with Gasteiger partial charge in [-0.25, -0.2) is 0 Å². The Bertz CT molecular complexity index is 837. The van der Waals surface area contributed by atoms with Crippen LogP contribution >= 0.6 is 11.6 Å². The topological polar surface area (TPSA) is 84.5 Å². The van der Waals surface area contributed by atoms with Crippen LogP contribution in [-0.2, 0) is 14.3 Å². The Morgan fingerprint density at radius 3 is 2.43 bits per heavy atom. The number of esters is 1. The molecule has 1 atom stereocenters. The van der Waals surface area contributed by atoms with E-state index in [-0.39, 0.29) is 6.54 Å². The van der Waals surface area contributed by atoms with E-state index in [1.807, 2.05) is 24.3 Å². The summed E-state index contributed by atoms with van der Waals surface area (Å²) in [6.45, 7) is 3.39. The highest BCUT2D eigenvalue weighted by molar-refractivity contribution is 6.30. The molecule has 0 aliphatic heterocycles. The number of ether oxygens (including phenoxy) is 1. The molecule has 7 heteroatoms. The standard InChI is InChI=1S/C21H23ClN2O4/c1-3-14(2)17-6-4-5-7-18(17)24-19(25)13-28-20(26)12-23-21(27)15-8-10-16(22)11-9-15/h4-11,14H,3,12-13H2,1-2H3,(H,23,27)(H,24,25)/t14-/m1/s1. The molecule has 148 valence electrons. The molecule has 0 bridgehead atoms. The Balaban J connectivity index is 1.79. The lowest BCUT2D eigenvalue weighted by atomic mass is 9.97. The molecule has 0 fully saturated rings. The zero-order valence-corrected chi connectivity index (χ0v) is 16.6. The average molecular weight is 403 g/mol. The van der Waals surface area contributed by atoms with Crippen LogP contribution in [-0.4, -0.2) is 30.9 Å². The van der Waals surface area contributed by atoms with Gasteiger partial charge in [0.2, 0.25) is 0 Å². The Labute approximate surface area is 169 Å². The highest BCUT2D eigenvalue weighted by atomic mass is 35.5. The van der Waals surface area contributed by atoms with Crippen LogP contribution in [0.3, 0.4) is 0 Å². The summed E-state index contributed by atoms with van der Waals surface area (Å²) in [6, 6.07) is 13.8. The number of halogens is 1. The van der Waals surface area contributed by atoms with Gasteiger partial charge in [0, 0.05) is 16.3 Å². The van der Waals surface area contributed by atoms with Crippen molar-refractivity contribution in [1.82, 2.24) is 5.32 Å². The third kappa shape index (κ3) is 6.39. The number of hydrogen-bond donors (Lipinski definition) is 2. The Morgan fingerprint density at radius 1 is 1.07 bits per heavy atom. The van der Waals surface area contributed by atoms with E-state index in [1.165, 1.54) is 0 Å². The fourth-order valence-electron chi connectivity index (χ4n) is 2.50. The lowest BCUT2D eigenvalue weighted by molar-refractivity contribution is -0.146. The molecule has 2 aromatic rings. The van der Waals surface area contributed by atoms with Crippen molar-refractivity contribution < 1.29 is 19.1 Å². The summed E-state index contributed by atoms with van der Waals surface area (Å²) in [5.74, 6) is -1.27. The van der Waals surface area contributed by atoms with Gasteiger partial charge in [-0.3, -0.25) is 14.4 Å². The van der Waals surface area contributed by atoms with Gasteiger partial charge in [-0.15, -0.1) is 0 Å². The van der Waals surface area contributed by atoms with Gasteiger partial charge >= 0.3 is 5.97 Å². The van der Waals surface area contributed by atoms with Gasteiger partial charge in [0.25, 0.3) is 11.8 Å². The first kappa shape index (κ1) is 21.4. The number of hydrogen-bond acceptors (Lipinski definition) is 4. The van der Waals surface area contributed by atoms with Crippen LogP contribution in [0.4, 0.5) is 5.69 Å². The van der Waals surface area contributed by atoms with E-state index in [9.17, 15) is 14.4 Å². The van der Waals surface area contributed by atoms with E-state index in [0.29, 0.717) is 22.2 Å². The van der Waals surface area contributed by atoms with Crippen molar-refractivity contribution in [3.8, 4) is 0 Å². The van der Waals surface area contributed by atoms with Crippen LogP contribution in [0.2, 0.25) is 5.02 Å². The number of benzene rings is 2. The van der Waals surface area contributed by atoms with E-state index >= 15 is 0 Å². The van der Waals surface area contributed by atoms with Crippen LogP contribution in [0.5, 0.6) is 0 Å². The van der Waals surface area contributed by atoms with Gasteiger partial charge in [-0.2, -0.15) is 0 Å². The summed E-state index contributed by atoms with van der Waals surface area (Å²) in [6.07, 6.45) is 0.940. The number of carbonyl (C=O) groups is 3. The van der Waals surface area contributed by atoms with Crippen molar-refractivity contribution in [1.29, 1.82) is 0 Å². The SMILES string of the molecule is CC[C@@H](C)c1ccccc1NC(=O)COC(=O)CNC(=O)c1ccc(Cl)cc1. The number of nitrogens with one attached hydrogen (secondary N) is 2. The minimum absolute atomic E-state index is 0.294. The van der Waals surface area contributed by atoms with E-state index < -0.39 is 24.4 Å². The molecule has 0 heterocycles. The van der Waals surface area contributed by atoms with Crippen molar-refractivity contribution >= 4 is 35.1 Å². The second-order valence-corrected chi connectivity index (χ2v) is 6.73. The van der Waals surface area contributed by atoms with E-state index in [1.54, 1.807) is 24.3 Å². The fourth-order valence-corrected chi connectivity index (χ4v) is 2.63. The van der Waals surface area contributed by atoms with Gasteiger partial charge in [0.05, 0.1) is 0 Å². The van der Waals surface area contributed by atoms with Gasteiger partial charge in [-0.1, -0.05) is 43.6 Å². The van der Waals surface area contributed by atoms with Gasteiger partial charge in [0.15, 0.2) is 6.61 Å². The minimum atomic E-state index is -0.701. The molecule has 0 unspecified atom stereocenters. The average Bonchev–Trinajstić information content (AvgIpc) is 2.70. The largest absolute Gasteiger partial charge is 0.454 e. The fraction of sp³-hybridized carbons (Fsp3) is 0.286. The Morgan fingerprint density at radius 2 is 1.75 bits per heavy atom. The number of para-hydroxylation sites is 1. The molecule has 2 N–H and O–H groups in total. The maximum atomic E-state index is 12.1. The first-order chi connectivity index (χ1) is 13.4. The highest BCUT2D eigenvalue weighted by Gasteiger charge is 2.13. The van der Waals surface area contributed by atoms with Crippen molar-refractivity contribution in [3.63, 3.8) is 0 Å². The zero-order chi connectivity index (χ0) is 20.5. The number of amides is 2. The van der Waals surface area contributed by atoms with Crippen molar-refractivity contribution in [3.05, 3.63) is 64.7 Å². The molecule has 0 saturated carbocycles.